The summed E-state index contributed by atoms with van der Waals surface area (Å²) in [5, 5.41) is 0. The first-order chi connectivity index (χ1) is 36.5. The second kappa shape index (κ2) is 62.6. The zero-order chi connectivity index (χ0) is 53.6. The molecule has 0 amide bonds. The van der Waals surface area contributed by atoms with Gasteiger partial charge in [0.25, 0.3) is 0 Å². The van der Waals surface area contributed by atoms with Crippen LogP contribution in [-0.4, -0.2) is 37.2 Å². The summed E-state index contributed by atoms with van der Waals surface area (Å²) in [6.07, 6.45) is 79.6. The van der Waals surface area contributed by atoms with Gasteiger partial charge in [-0.1, -0.05) is 293 Å². The van der Waals surface area contributed by atoms with Gasteiger partial charge in [-0.3, -0.25) is 14.4 Å². The number of ether oxygens (including phenoxy) is 3. The third kappa shape index (κ3) is 60.0. The van der Waals surface area contributed by atoms with Crippen molar-refractivity contribution in [2.45, 2.75) is 341 Å². The van der Waals surface area contributed by atoms with E-state index >= 15 is 0 Å². The molecule has 0 aliphatic heterocycles. The Labute approximate surface area is 460 Å². The number of allylic oxidation sites excluding steroid dienone is 10. The summed E-state index contributed by atoms with van der Waals surface area (Å²) < 4.78 is 16.9. The molecule has 430 valence electrons. The maximum Gasteiger partial charge on any atom is 0.306 e. The normalized spacial score (nSPS) is 12.4. The fraction of sp³-hybridized carbons (Fsp3) is 0.809. The second-order valence-electron chi connectivity index (χ2n) is 21.7. The number of unbranched alkanes of at least 4 members (excludes halogenated alkanes) is 38. The smallest absolute Gasteiger partial charge is 0.306 e. The predicted molar refractivity (Wildman–Crippen MR) is 321 cm³/mol. The van der Waals surface area contributed by atoms with Crippen LogP contribution < -0.4 is 0 Å². The van der Waals surface area contributed by atoms with Gasteiger partial charge >= 0.3 is 17.9 Å². The Morgan fingerprint density at radius 2 is 0.500 bits per heavy atom. The topological polar surface area (TPSA) is 78.9 Å². The molecule has 0 radical (unpaired) electrons. The standard InChI is InChI=1S/C68H122O6/c1-4-7-10-13-16-19-22-24-26-27-28-29-30-31-32-33-34-35-36-37-38-39-40-41-42-44-46-49-52-55-58-61-67(70)73-64-65(63-72-66(69)60-57-54-51-48-45-21-18-15-12-9-6-3)74-68(71)62-59-56-53-50-47-43-25-23-20-17-14-11-8-5-2/h14,17,22-25,27-28,30-31,65H,4-13,15-16,18-21,26,29,32-64H2,1-3H3/b17-14-,24-22-,25-23-,28-27-,31-30-. The van der Waals surface area contributed by atoms with E-state index in [1.165, 1.54) is 199 Å². The Balaban J connectivity index is 4.12. The van der Waals surface area contributed by atoms with Crippen LogP contribution in [0.5, 0.6) is 0 Å². The summed E-state index contributed by atoms with van der Waals surface area (Å²) in [6.45, 7) is 6.60. The molecule has 0 rings (SSSR count). The van der Waals surface area contributed by atoms with Gasteiger partial charge in [0.1, 0.15) is 13.2 Å². The highest BCUT2D eigenvalue weighted by atomic mass is 16.6. The average Bonchev–Trinajstić information content (AvgIpc) is 3.40. The highest BCUT2D eigenvalue weighted by molar-refractivity contribution is 5.71. The minimum absolute atomic E-state index is 0.0759. The Morgan fingerprint density at radius 1 is 0.270 bits per heavy atom. The van der Waals surface area contributed by atoms with Crippen LogP contribution in [-0.2, 0) is 28.6 Å². The highest BCUT2D eigenvalue weighted by Gasteiger charge is 2.19. The highest BCUT2D eigenvalue weighted by Crippen LogP contribution is 2.17. The van der Waals surface area contributed by atoms with Gasteiger partial charge in [0, 0.05) is 19.3 Å². The largest absolute Gasteiger partial charge is 0.462 e. The fourth-order valence-corrected chi connectivity index (χ4v) is 9.35. The van der Waals surface area contributed by atoms with E-state index in [0.717, 1.165) is 96.3 Å². The summed E-state index contributed by atoms with van der Waals surface area (Å²) in [4.78, 5) is 38.2. The van der Waals surface area contributed by atoms with Crippen molar-refractivity contribution < 1.29 is 28.6 Å². The summed E-state index contributed by atoms with van der Waals surface area (Å²) in [6, 6.07) is 0. The van der Waals surface area contributed by atoms with Gasteiger partial charge in [-0.15, -0.1) is 0 Å². The molecule has 0 aromatic rings. The Morgan fingerprint density at radius 3 is 0.797 bits per heavy atom. The lowest BCUT2D eigenvalue weighted by Crippen LogP contribution is -2.30. The van der Waals surface area contributed by atoms with E-state index in [4.69, 9.17) is 14.2 Å². The number of carbonyl (C=O) groups excluding carboxylic acids is 3. The minimum Gasteiger partial charge on any atom is -0.462 e. The number of hydrogen-bond acceptors (Lipinski definition) is 6. The molecular weight excluding hydrogens is 913 g/mol. The van der Waals surface area contributed by atoms with Crippen molar-refractivity contribution in [2.75, 3.05) is 13.2 Å². The molecule has 6 nitrogen and oxygen atoms in total. The molecule has 0 saturated carbocycles. The van der Waals surface area contributed by atoms with Crippen LogP contribution in [0.1, 0.15) is 335 Å². The van der Waals surface area contributed by atoms with Crippen LogP contribution in [0.3, 0.4) is 0 Å². The van der Waals surface area contributed by atoms with Crippen molar-refractivity contribution in [3.05, 3.63) is 60.8 Å². The van der Waals surface area contributed by atoms with Crippen molar-refractivity contribution in [2.24, 2.45) is 0 Å². The summed E-state index contributed by atoms with van der Waals surface area (Å²) in [5.41, 5.74) is 0. The number of hydrogen-bond donors (Lipinski definition) is 0. The Bertz CT molecular complexity index is 1330. The lowest BCUT2D eigenvalue weighted by atomic mass is 10.0. The van der Waals surface area contributed by atoms with Gasteiger partial charge < -0.3 is 14.2 Å². The third-order valence-corrected chi connectivity index (χ3v) is 14.2. The predicted octanol–water partition coefficient (Wildman–Crippen LogP) is 21.9. The van der Waals surface area contributed by atoms with Crippen LogP contribution in [0.4, 0.5) is 0 Å². The first-order valence-electron chi connectivity index (χ1n) is 32.3. The maximum atomic E-state index is 12.8. The van der Waals surface area contributed by atoms with Gasteiger partial charge in [0.2, 0.25) is 0 Å². The molecule has 0 spiro atoms. The molecule has 0 aliphatic carbocycles. The second-order valence-corrected chi connectivity index (χ2v) is 21.7. The third-order valence-electron chi connectivity index (χ3n) is 14.2. The lowest BCUT2D eigenvalue weighted by Gasteiger charge is -2.18. The van der Waals surface area contributed by atoms with E-state index in [1.54, 1.807) is 0 Å². The minimum atomic E-state index is -0.778. The van der Waals surface area contributed by atoms with Crippen LogP contribution >= 0.6 is 0 Å². The van der Waals surface area contributed by atoms with E-state index in [1.807, 2.05) is 0 Å². The molecule has 0 saturated heterocycles. The Kier molecular flexibility index (Phi) is 60.2. The zero-order valence-corrected chi connectivity index (χ0v) is 49.4. The zero-order valence-electron chi connectivity index (χ0n) is 49.4. The molecule has 1 unspecified atom stereocenters. The average molecular weight is 1040 g/mol. The first kappa shape index (κ1) is 71.1. The van der Waals surface area contributed by atoms with E-state index in [2.05, 4.69) is 81.5 Å². The maximum absolute atomic E-state index is 12.8. The van der Waals surface area contributed by atoms with Gasteiger partial charge in [-0.25, -0.2) is 0 Å². The molecule has 0 N–H and O–H groups in total. The Hall–Kier alpha value is -2.89. The molecule has 0 fully saturated rings. The van der Waals surface area contributed by atoms with Gasteiger partial charge in [0.05, 0.1) is 0 Å². The SMILES string of the molecule is CCCC/C=C\C/C=C\CCCCCCCC(=O)OC(COC(=O)CCCCCCCCCCCCC)COC(=O)CCCCCCCCCCCCCCCCCC/C=C\C/C=C\C/C=C\CCCCCCC. The molecule has 1 atom stereocenters. The van der Waals surface area contributed by atoms with Crippen LogP contribution in [0.2, 0.25) is 0 Å². The molecule has 74 heavy (non-hydrogen) atoms. The van der Waals surface area contributed by atoms with Crippen molar-refractivity contribution in [3.63, 3.8) is 0 Å². The van der Waals surface area contributed by atoms with Crippen LogP contribution in [0.15, 0.2) is 60.8 Å². The van der Waals surface area contributed by atoms with Crippen molar-refractivity contribution in [1.82, 2.24) is 0 Å². The van der Waals surface area contributed by atoms with Crippen LogP contribution in [0, 0.1) is 0 Å². The summed E-state index contributed by atoms with van der Waals surface area (Å²) in [5.74, 6) is -0.875. The molecule has 0 aromatic carbocycles. The summed E-state index contributed by atoms with van der Waals surface area (Å²) in [7, 11) is 0. The van der Waals surface area contributed by atoms with Gasteiger partial charge in [0.15, 0.2) is 6.10 Å². The number of esters is 3. The van der Waals surface area contributed by atoms with E-state index in [9.17, 15) is 14.4 Å². The van der Waals surface area contributed by atoms with Gasteiger partial charge in [-0.05, 0) is 83.5 Å². The molecular formula is C68H122O6. The van der Waals surface area contributed by atoms with Crippen molar-refractivity contribution >= 4 is 17.9 Å². The van der Waals surface area contributed by atoms with Crippen molar-refractivity contribution in [1.29, 1.82) is 0 Å². The monoisotopic (exact) mass is 1030 g/mol. The molecule has 0 heterocycles. The van der Waals surface area contributed by atoms with E-state index in [-0.39, 0.29) is 31.1 Å². The fourth-order valence-electron chi connectivity index (χ4n) is 9.35. The molecule has 0 aliphatic rings. The van der Waals surface area contributed by atoms with Gasteiger partial charge in [-0.2, -0.15) is 0 Å². The van der Waals surface area contributed by atoms with Crippen LogP contribution in [0.25, 0.3) is 0 Å². The lowest BCUT2D eigenvalue weighted by molar-refractivity contribution is -0.167. The van der Waals surface area contributed by atoms with Crippen molar-refractivity contribution in [3.8, 4) is 0 Å². The van der Waals surface area contributed by atoms with E-state index in [0.29, 0.717) is 19.3 Å². The number of carbonyl (C=O) groups is 3. The number of rotatable bonds is 59. The first-order valence-corrected chi connectivity index (χ1v) is 32.3. The van der Waals surface area contributed by atoms with E-state index < -0.39 is 6.10 Å². The quantitative estimate of drug-likeness (QED) is 0.0261. The molecule has 0 aromatic heterocycles. The molecule has 6 heteroatoms. The molecule has 0 bridgehead atoms. The summed E-state index contributed by atoms with van der Waals surface area (Å²) >= 11 is 0.